The Morgan fingerprint density at radius 3 is 2.30 bits per heavy atom. The van der Waals surface area contributed by atoms with Gasteiger partial charge in [0.15, 0.2) is 0 Å². The van der Waals surface area contributed by atoms with Crippen molar-refractivity contribution in [3.05, 3.63) is 0 Å². The summed E-state index contributed by atoms with van der Waals surface area (Å²) in [5.41, 5.74) is 0. The molecular formula is C7H14OS2. The summed E-state index contributed by atoms with van der Waals surface area (Å²) in [6, 6.07) is 0. The van der Waals surface area contributed by atoms with Crippen molar-refractivity contribution in [2.45, 2.75) is 32.4 Å². The first-order chi connectivity index (χ1) is 4.50. The molecule has 0 N–H and O–H groups in total. The lowest BCUT2D eigenvalue weighted by Crippen LogP contribution is -2.23. The monoisotopic (exact) mass is 178 g/mol. The second kappa shape index (κ2) is 4.29. The summed E-state index contributed by atoms with van der Waals surface area (Å²) in [6.07, 6.45) is 0. The van der Waals surface area contributed by atoms with Crippen LogP contribution in [0, 0.1) is 0 Å². The van der Waals surface area contributed by atoms with E-state index in [0.29, 0.717) is 0 Å². The van der Waals surface area contributed by atoms with Crippen molar-refractivity contribution in [2.24, 2.45) is 0 Å². The van der Waals surface area contributed by atoms with Gasteiger partial charge in [-0.25, -0.2) is 0 Å². The summed E-state index contributed by atoms with van der Waals surface area (Å²) in [6.45, 7) is 7.66. The molecule has 0 fully saturated rings. The summed E-state index contributed by atoms with van der Waals surface area (Å²) < 4.78 is -0.208. The molecule has 0 amide bonds. The first-order valence-corrected chi connectivity index (χ1v) is 5.64. The van der Waals surface area contributed by atoms with Gasteiger partial charge in [0.2, 0.25) is 0 Å². The van der Waals surface area contributed by atoms with Crippen molar-refractivity contribution in [1.82, 2.24) is 0 Å². The highest BCUT2D eigenvalue weighted by Gasteiger charge is 2.23. The van der Waals surface area contributed by atoms with E-state index in [4.69, 9.17) is 0 Å². The molecule has 0 saturated carbocycles. The van der Waals surface area contributed by atoms with Gasteiger partial charge in [0.1, 0.15) is 5.78 Å². The fraction of sp³-hybridized carbons (Fsp3) is 0.857. The van der Waals surface area contributed by atoms with Gasteiger partial charge in [0.25, 0.3) is 0 Å². The highest BCUT2D eigenvalue weighted by Crippen LogP contribution is 2.35. The van der Waals surface area contributed by atoms with Gasteiger partial charge in [0.05, 0.1) is 4.75 Å². The number of carbonyl (C=O) groups excluding carboxylic acids is 1. The van der Waals surface area contributed by atoms with Crippen LogP contribution in [-0.2, 0) is 4.79 Å². The Hall–Kier alpha value is 0.370. The average molecular weight is 178 g/mol. The summed E-state index contributed by atoms with van der Waals surface area (Å²) in [5, 5.41) is 0. The first-order valence-electron chi connectivity index (χ1n) is 3.32. The molecule has 0 aliphatic heterocycles. The highest BCUT2D eigenvalue weighted by atomic mass is 33.1. The Bertz CT molecular complexity index is 121. The maximum atomic E-state index is 10.9. The topological polar surface area (TPSA) is 17.1 Å². The summed E-state index contributed by atoms with van der Waals surface area (Å²) in [5.74, 6) is 1.31. The Morgan fingerprint density at radius 1 is 1.50 bits per heavy atom. The second-order valence-electron chi connectivity index (χ2n) is 2.56. The van der Waals surface area contributed by atoms with E-state index in [9.17, 15) is 4.79 Å². The summed E-state index contributed by atoms with van der Waals surface area (Å²) >= 11 is 0. The molecule has 0 aromatic carbocycles. The Balaban J connectivity index is 3.75. The molecular weight excluding hydrogens is 164 g/mol. The quantitative estimate of drug-likeness (QED) is 0.616. The zero-order chi connectivity index (χ0) is 8.20. The van der Waals surface area contributed by atoms with Crippen molar-refractivity contribution in [1.29, 1.82) is 0 Å². The number of hydrogen-bond acceptors (Lipinski definition) is 3. The van der Waals surface area contributed by atoms with Gasteiger partial charge in [0, 0.05) is 5.75 Å². The van der Waals surface area contributed by atoms with Crippen LogP contribution in [0.3, 0.4) is 0 Å². The molecule has 60 valence electrons. The molecule has 10 heavy (non-hydrogen) atoms. The van der Waals surface area contributed by atoms with Crippen LogP contribution < -0.4 is 0 Å². The maximum absolute atomic E-state index is 10.9. The molecule has 0 unspecified atom stereocenters. The van der Waals surface area contributed by atoms with Gasteiger partial charge in [-0.05, 0) is 20.8 Å². The summed E-state index contributed by atoms with van der Waals surface area (Å²) in [4.78, 5) is 10.9. The molecule has 0 aliphatic carbocycles. The zero-order valence-corrected chi connectivity index (χ0v) is 8.56. The van der Waals surface area contributed by atoms with Crippen LogP contribution in [0.15, 0.2) is 0 Å². The van der Waals surface area contributed by atoms with Gasteiger partial charge in [-0.3, -0.25) is 4.79 Å². The molecule has 3 heteroatoms. The first kappa shape index (κ1) is 10.4. The molecule has 0 radical (unpaired) electrons. The minimum atomic E-state index is -0.208. The number of ketones is 1. The van der Waals surface area contributed by atoms with Crippen molar-refractivity contribution in [3.8, 4) is 0 Å². The molecule has 0 aromatic rings. The van der Waals surface area contributed by atoms with Gasteiger partial charge in [-0.1, -0.05) is 28.5 Å². The van der Waals surface area contributed by atoms with Crippen molar-refractivity contribution in [2.75, 3.05) is 5.75 Å². The maximum Gasteiger partial charge on any atom is 0.146 e. The van der Waals surface area contributed by atoms with Gasteiger partial charge in [-0.15, -0.1) is 0 Å². The van der Waals surface area contributed by atoms with E-state index in [-0.39, 0.29) is 10.5 Å². The number of rotatable bonds is 4. The summed E-state index contributed by atoms with van der Waals surface area (Å²) in [7, 11) is 3.39. The molecule has 0 bridgehead atoms. The lowest BCUT2D eigenvalue weighted by Gasteiger charge is -2.18. The fourth-order valence-electron chi connectivity index (χ4n) is 0.265. The number of hydrogen-bond donors (Lipinski definition) is 0. The average Bonchev–Trinajstić information content (AvgIpc) is 1.84. The third kappa shape index (κ3) is 3.52. The van der Waals surface area contributed by atoms with Crippen LogP contribution in [0.5, 0.6) is 0 Å². The zero-order valence-electron chi connectivity index (χ0n) is 6.93. The molecule has 0 atom stereocenters. The lowest BCUT2D eigenvalue weighted by atomic mass is 10.1. The number of Topliss-reactive ketones (excluding diaryl/α,β-unsaturated/α-hetero) is 1. The van der Waals surface area contributed by atoms with E-state index >= 15 is 0 Å². The Kier molecular flexibility index (Phi) is 4.45. The largest absolute Gasteiger partial charge is 0.298 e. The SMILES string of the molecule is CCSSC(C)(C)C(C)=O. The van der Waals surface area contributed by atoms with Crippen LogP contribution in [0.4, 0.5) is 0 Å². The Labute approximate surface area is 70.7 Å². The standard InChI is InChI=1S/C7H14OS2/c1-5-9-10-7(3,4)6(2)8/h5H2,1-4H3. The Morgan fingerprint density at radius 2 is 2.00 bits per heavy atom. The smallest absolute Gasteiger partial charge is 0.146 e. The molecule has 0 spiro atoms. The van der Waals surface area contributed by atoms with E-state index in [0.717, 1.165) is 5.75 Å². The van der Waals surface area contributed by atoms with E-state index < -0.39 is 0 Å². The van der Waals surface area contributed by atoms with Crippen molar-refractivity contribution >= 4 is 27.4 Å². The third-order valence-electron chi connectivity index (χ3n) is 1.23. The lowest BCUT2D eigenvalue weighted by molar-refractivity contribution is -0.118. The van der Waals surface area contributed by atoms with Gasteiger partial charge >= 0.3 is 0 Å². The van der Waals surface area contributed by atoms with Crippen molar-refractivity contribution < 1.29 is 4.79 Å². The van der Waals surface area contributed by atoms with Crippen LogP contribution in [0.25, 0.3) is 0 Å². The fourth-order valence-corrected chi connectivity index (χ4v) is 2.38. The molecule has 1 nitrogen and oxygen atoms in total. The minimum absolute atomic E-state index is 0.208. The number of carbonyl (C=O) groups is 1. The van der Waals surface area contributed by atoms with E-state index in [1.165, 1.54) is 0 Å². The molecule has 0 rings (SSSR count). The van der Waals surface area contributed by atoms with E-state index in [2.05, 4.69) is 6.92 Å². The van der Waals surface area contributed by atoms with Crippen LogP contribution >= 0.6 is 21.6 Å². The van der Waals surface area contributed by atoms with E-state index in [1.54, 1.807) is 28.5 Å². The molecule has 0 heterocycles. The van der Waals surface area contributed by atoms with Gasteiger partial charge in [-0.2, -0.15) is 0 Å². The normalized spacial score (nSPS) is 11.6. The predicted octanol–water partition coefficient (Wildman–Crippen LogP) is 2.76. The third-order valence-corrected chi connectivity index (χ3v) is 4.60. The van der Waals surface area contributed by atoms with Crippen LogP contribution in [0.1, 0.15) is 27.7 Å². The molecule has 0 aliphatic rings. The van der Waals surface area contributed by atoms with Crippen LogP contribution in [0.2, 0.25) is 0 Å². The van der Waals surface area contributed by atoms with E-state index in [1.807, 2.05) is 13.8 Å². The predicted molar refractivity (Wildman–Crippen MR) is 50.5 cm³/mol. The second-order valence-corrected chi connectivity index (χ2v) is 5.76. The van der Waals surface area contributed by atoms with Crippen LogP contribution in [-0.4, -0.2) is 16.3 Å². The highest BCUT2D eigenvalue weighted by molar-refractivity contribution is 8.77. The molecule has 0 aromatic heterocycles. The minimum Gasteiger partial charge on any atom is -0.298 e. The van der Waals surface area contributed by atoms with Gasteiger partial charge < -0.3 is 0 Å². The van der Waals surface area contributed by atoms with Crippen molar-refractivity contribution in [3.63, 3.8) is 0 Å². The molecule has 0 saturated heterocycles.